The molecule has 1 aromatic heterocycles. The minimum Gasteiger partial charge on any atom is -0.448 e. The van der Waals surface area contributed by atoms with E-state index in [1.807, 2.05) is 0 Å². The summed E-state index contributed by atoms with van der Waals surface area (Å²) < 4.78 is 32.1. The van der Waals surface area contributed by atoms with E-state index < -0.39 is 36.9 Å². The predicted octanol–water partition coefficient (Wildman–Crippen LogP) is 1.77. The number of rotatable bonds is 3. The van der Waals surface area contributed by atoms with Crippen molar-refractivity contribution in [2.24, 2.45) is 5.73 Å². The van der Waals surface area contributed by atoms with Crippen LogP contribution in [0.4, 0.5) is 13.6 Å². The summed E-state index contributed by atoms with van der Waals surface area (Å²) in [6.45, 7) is 0.523. The third-order valence-electron chi connectivity index (χ3n) is 3.51. The quantitative estimate of drug-likeness (QED) is 0.839. The van der Waals surface area contributed by atoms with Gasteiger partial charge >= 0.3 is 6.09 Å². The minimum atomic E-state index is -3.02. The fourth-order valence-corrected chi connectivity index (χ4v) is 2.49. The molecular weight excluding hydrogens is 334 g/mol. The fraction of sp³-hybridized carbons (Fsp3) is 0.538. The van der Waals surface area contributed by atoms with Crippen LogP contribution in [0.2, 0.25) is 5.28 Å². The molecule has 7 nitrogen and oxygen atoms in total. The molecule has 23 heavy (non-hydrogen) atoms. The number of aromatic nitrogens is 2. The van der Waals surface area contributed by atoms with Gasteiger partial charge in [0.2, 0.25) is 5.28 Å². The van der Waals surface area contributed by atoms with Crippen molar-refractivity contribution in [3.63, 3.8) is 0 Å². The van der Waals surface area contributed by atoms with E-state index in [1.165, 1.54) is 6.20 Å². The number of hydrogen-bond donors (Lipinski definition) is 1. The number of aryl methyl sites for hydroxylation is 1. The Balaban J connectivity index is 2.27. The molecule has 1 fully saturated rings. The first-order chi connectivity index (χ1) is 10.7. The van der Waals surface area contributed by atoms with E-state index in [0.29, 0.717) is 5.56 Å². The Labute approximate surface area is 135 Å². The monoisotopic (exact) mass is 348 g/mol. The smallest absolute Gasteiger partial charge is 0.404 e. The lowest BCUT2D eigenvalue weighted by Gasteiger charge is -2.39. The van der Waals surface area contributed by atoms with Crippen LogP contribution in [0.25, 0.3) is 0 Å². The second-order valence-corrected chi connectivity index (χ2v) is 5.62. The van der Waals surface area contributed by atoms with Crippen LogP contribution in [0.1, 0.15) is 28.9 Å². The predicted molar refractivity (Wildman–Crippen MR) is 76.3 cm³/mol. The molecule has 1 unspecified atom stereocenters. The number of primary amides is 1. The van der Waals surface area contributed by atoms with Gasteiger partial charge in [-0.25, -0.2) is 23.5 Å². The molecule has 2 amide bonds. The van der Waals surface area contributed by atoms with Gasteiger partial charge in [-0.3, -0.25) is 4.79 Å². The largest absolute Gasteiger partial charge is 0.448 e. The number of nitrogens with two attached hydrogens (primary N) is 1. The van der Waals surface area contributed by atoms with Gasteiger partial charge in [-0.1, -0.05) is 0 Å². The topological polar surface area (TPSA) is 98.4 Å². The molecule has 0 aliphatic carbocycles. The average molecular weight is 349 g/mol. The van der Waals surface area contributed by atoms with Crippen molar-refractivity contribution in [2.75, 3.05) is 13.2 Å². The Kier molecular flexibility index (Phi) is 4.98. The molecule has 2 N–H and O–H groups in total. The van der Waals surface area contributed by atoms with Gasteiger partial charge in [0, 0.05) is 12.6 Å². The summed E-state index contributed by atoms with van der Waals surface area (Å²) in [5.74, 6) is -3.74. The number of amides is 2. The summed E-state index contributed by atoms with van der Waals surface area (Å²) in [4.78, 5) is 31.8. The summed E-state index contributed by atoms with van der Waals surface area (Å²) in [5, 5.41) is -0.160. The SMILES string of the molecule is Cc1cnc(Cl)nc1C(=O)N1CC(F)(F)CCC1COC(N)=O. The number of alkyl halides is 2. The number of likely N-dealkylation sites (tertiary alicyclic amines) is 1. The molecule has 126 valence electrons. The van der Waals surface area contributed by atoms with Gasteiger partial charge in [-0.05, 0) is 30.5 Å². The van der Waals surface area contributed by atoms with Crippen LogP contribution < -0.4 is 5.73 Å². The van der Waals surface area contributed by atoms with E-state index in [1.54, 1.807) is 6.92 Å². The van der Waals surface area contributed by atoms with E-state index in [-0.39, 0.29) is 24.0 Å². The normalized spacial score (nSPS) is 20.2. The second-order valence-electron chi connectivity index (χ2n) is 5.28. The summed E-state index contributed by atoms with van der Waals surface area (Å²) in [6.07, 6.45) is -0.132. The first-order valence-electron chi connectivity index (χ1n) is 6.80. The molecule has 0 saturated carbocycles. The zero-order valence-electron chi connectivity index (χ0n) is 12.3. The van der Waals surface area contributed by atoms with Gasteiger partial charge in [0.25, 0.3) is 11.8 Å². The van der Waals surface area contributed by atoms with E-state index in [4.69, 9.17) is 17.3 Å². The Morgan fingerprint density at radius 2 is 2.26 bits per heavy atom. The molecule has 2 heterocycles. The van der Waals surface area contributed by atoms with Crippen LogP contribution in [-0.4, -0.2) is 52.0 Å². The Hall–Kier alpha value is -2.03. The lowest BCUT2D eigenvalue weighted by Crippen LogP contribution is -2.53. The average Bonchev–Trinajstić information content (AvgIpc) is 2.47. The number of carbonyl (C=O) groups excluding carboxylic acids is 2. The summed E-state index contributed by atoms with van der Waals surface area (Å²) in [6, 6.07) is -0.706. The molecule has 1 atom stereocenters. The summed E-state index contributed by atoms with van der Waals surface area (Å²) in [5.41, 5.74) is 5.23. The van der Waals surface area contributed by atoms with Crippen LogP contribution in [0.3, 0.4) is 0 Å². The molecule has 0 spiro atoms. The van der Waals surface area contributed by atoms with Crippen molar-refractivity contribution < 1.29 is 23.1 Å². The van der Waals surface area contributed by atoms with Gasteiger partial charge in [-0.15, -0.1) is 0 Å². The number of ether oxygens (including phenoxy) is 1. The summed E-state index contributed by atoms with van der Waals surface area (Å²) in [7, 11) is 0. The standard InChI is InChI=1S/C13H15ClF2N4O3/c1-7-4-18-11(14)19-9(7)10(21)20-6-13(15,16)3-2-8(20)5-23-12(17)22/h4,8H,2-3,5-6H2,1H3,(H2,17,22). The zero-order chi connectivity index (χ0) is 17.2. The number of nitrogens with zero attached hydrogens (tertiary/aromatic N) is 3. The second kappa shape index (κ2) is 6.61. The lowest BCUT2D eigenvalue weighted by atomic mass is 9.99. The molecule has 0 bridgehead atoms. The molecule has 1 aliphatic heterocycles. The van der Waals surface area contributed by atoms with Crippen molar-refractivity contribution in [3.8, 4) is 0 Å². The van der Waals surface area contributed by atoms with Crippen molar-refractivity contribution in [3.05, 3.63) is 22.7 Å². The maximum Gasteiger partial charge on any atom is 0.404 e. The highest BCUT2D eigenvalue weighted by molar-refractivity contribution is 6.28. The van der Waals surface area contributed by atoms with E-state index in [9.17, 15) is 18.4 Å². The van der Waals surface area contributed by atoms with Crippen LogP contribution in [0.15, 0.2) is 6.20 Å². The van der Waals surface area contributed by atoms with Gasteiger partial charge in [0.15, 0.2) is 0 Å². The van der Waals surface area contributed by atoms with Gasteiger partial charge < -0.3 is 15.4 Å². The number of piperidine rings is 1. The van der Waals surface area contributed by atoms with Crippen molar-refractivity contribution in [2.45, 2.75) is 31.7 Å². The maximum atomic E-state index is 13.7. The molecule has 1 aliphatic rings. The van der Waals surface area contributed by atoms with Crippen molar-refractivity contribution in [1.29, 1.82) is 0 Å². The molecule has 1 saturated heterocycles. The van der Waals surface area contributed by atoms with Gasteiger partial charge in [0.05, 0.1) is 12.6 Å². The van der Waals surface area contributed by atoms with Crippen LogP contribution in [0, 0.1) is 6.92 Å². The molecule has 0 radical (unpaired) electrons. The highest BCUT2D eigenvalue weighted by Gasteiger charge is 2.43. The van der Waals surface area contributed by atoms with Crippen molar-refractivity contribution >= 4 is 23.6 Å². The molecule has 0 aromatic carbocycles. The zero-order valence-corrected chi connectivity index (χ0v) is 13.0. The molecule has 10 heteroatoms. The van der Waals surface area contributed by atoms with Crippen LogP contribution in [-0.2, 0) is 4.74 Å². The highest BCUT2D eigenvalue weighted by atomic mass is 35.5. The van der Waals surface area contributed by atoms with Gasteiger partial charge in [-0.2, -0.15) is 0 Å². The Bertz CT molecular complexity index is 629. The van der Waals surface area contributed by atoms with Gasteiger partial charge in [0.1, 0.15) is 12.3 Å². The third-order valence-corrected chi connectivity index (χ3v) is 3.69. The van der Waals surface area contributed by atoms with Crippen LogP contribution in [0.5, 0.6) is 0 Å². The number of carbonyl (C=O) groups is 2. The van der Waals surface area contributed by atoms with E-state index in [2.05, 4.69) is 14.7 Å². The number of hydrogen-bond acceptors (Lipinski definition) is 5. The van der Waals surface area contributed by atoms with E-state index in [0.717, 1.165) is 4.90 Å². The Morgan fingerprint density at radius 3 is 2.91 bits per heavy atom. The highest BCUT2D eigenvalue weighted by Crippen LogP contribution is 2.31. The number of halogens is 3. The van der Waals surface area contributed by atoms with Crippen molar-refractivity contribution in [1.82, 2.24) is 14.9 Å². The molecular formula is C13H15ClF2N4O3. The fourth-order valence-electron chi connectivity index (χ4n) is 2.35. The minimum absolute atomic E-state index is 0.0239. The maximum absolute atomic E-state index is 13.7. The summed E-state index contributed by atoms with van der Waals surface area (Å²) >= 11 is 5.67. The van der Waals surface area contributed by atoms with E-state index >= 15 is 0 Å². The van der Waals surface area contributed by atoms with Crippen LogP contribution >= 0.6 is 11.6 Å². The first kappa shape index (κ1) is 17.3. The third kappa shape index (κ3) is 4.25. The Morgan fingerprint density at radius 1 is 1.57 bits per heavy atom. The molecule has 2 rings (SSSR count). The molecule has 1 aromatic rings. The first-order valence-corrected chi connectivity index (χ1v) is 7.17. The lowest BCUT2D eigenvalue weighted by molar-refractivity contribution is -0.0789.